The van der Waals surface area contributed by atoms with Gasteiger partial charge >= 0.3 is 6.09 Å². The third-order valence-electron chi connectivity index (χ3n) is 4.89. The molecule has 0 aliphatic carbocycles. The fraction of sp³-hybridized carbons (Fsp3) is 0.400. The molecule has 1 aromatic carbocycles. The summed E-state index contributed by atoms with van der Waals surface area (Å²) >= 11 is 0. The number of carboxylic acid groups (broad SMARTS) is 1. The lowest BCUT2D eigenvalue weighted by Crippen LogP contribution is -2.39. The first-order chi connectivity index (χ1) is 14.0. The predicted molar refractivity (Wildman–Crippen MR) is 108 cm³/mol. The Labute approximate surface area is 167 Å². The van der Waals surface area contributed by atoms with Gasteiger partial charge in [0.05, 0.1) is 18.3 Å². The van der Waals surface area contributed by atoms with Crippen LogP contribution >= 0.6 is 0 Å². The van der Waals surface area contributed by atoms with E-state index in [1.54, 1.807) is 6.92 Å². The molecule has 3 rings (SSSR count). The van der Waals surface area contributed by atoms with Crippen molar-refractivity contribution in [2.45, 2.75) is 39.3 Å². The van der Waals surface area contributed by atoms with Crippen LogP contribution in [0.2, 0.25) is 0 Å². The van der Waals surface area contributed by atoms with Crippen molar-refractivity contribution in [1.29, 1.82) is 0 Å². The maximum atomic E-state index is 13.3. The third-order valence-corrected chi connectivity index (χ3v) is 4.89. The van der Waals surface area contributed by atoms with Crippen molar-refractivity contribution >= 4 is 17.2 Å². The number of benzene rings is 1. The molecule has 0 aliphatic heterocycles. The van der Waals surface area contributed by atoms with E-state index in [0.29, 0.717) is 36.3 Å². The van der Waals surface area contributed by atoms with Crippen molar-refractivity contribution in [3.63, 3.8) is 0 Å². The van der Waals surface area contributed by atoms with Gasteiger partial charge in [-0.1, -0.05) is 42.4 Å². The van der Waals surface area contributed by atoms with Crippen LogP contribution in [-0.2, 0) is 6.54 Å². The monoisotopic (exact) mass is 399 g/mol. The van der Waals surface area contributed by atoms with Crippen LogP contribution in [0.1, 0.15) is 42.9 Å². The fourth-order valence-electron chi connectivity index (χ4n) is 3.45. The Kier molecular flexibility index (Phi) is 6.28. The molecule has 29 heavy (non-hydrogen) atoms. The van der Waals surface area contributed by atoms with Crippen LogP contribution in [0.15, 0.2) is 39.6 Å². The largest absolute Gasteiger partial charge is 0.465 e. The Hall–Kier alpha value is -3.20. The van der Waals surface area contributed by atoms with Crippen LogP contribution in [0.3, 0.4) is 0 Å². The summed E-state index contributed by atoms with van der Waals surface area (Å²) in [6, 6.07) is 8.87. The maximum Gasteiger partial charge on any atom is 0.407 e. The minimum atomic E-state index is -1.08. The highest BCUT2D eigenvalue weighted by Gasteiger charge is 2.29. The average Bonchev–Trinajstić information content (AvgIpc) is 3.09. The number of hydrogen-bond acceptors (Lipinski definition) is 6. The Morgan fingerprint density at radius 1 is 1.34 bits per heavy atom. The van der Waals surface area contributed by atoms with Gasteiger partial charge in [-0.2, -0.15) is 4.98 Å². The van der Waals surface area contributed by atoms with E-state index >= 15 is 0 Å². The number of fused-ring (bicyclic) bond motifs is 1. The molecule has 2 aromatic heterocycles. The van der Waals surface area contributed by atoms with E-state index in [4.69, 9.17) is 10.3 Å². The van der Waals surface area contributed by atoms with E-state index in [-0.39, 0.29) is 24.4 Å². The molecule has 1 atom stereocenters. The molecule has 2 heterocycles. The first kappa shape index (κ1) is 20.5. The molecule has 154 valence electrons. The van der Waals surface area contributed by atoms with E-state index < -0.39 is 12.1 Å². The summed E-state index contributed by atoms with van der Waals surface area (Å²) in [6.07, 6.45) is -0.133. The van der Waals surface area contributed by atoms with Crippen molar-refractivity contribution in [3.8, 4) is 0 Å². The van der Waals surface area contributed by atoms with Gasteiger partial charge in [-0.05, 0) is 31.9 Å². The fourth-order valence-corrected chi connectivity index (χ4v) is 3.45. The Morgan fingerprint density at radius 2 is 2.07 bits per heavy atom. The Balaban J connectivity index is 2.19. The number of nitrogens with zero attached hydrogens (tertiary/aromatic N) is 4. The number of aryl methyl sites for hydroxylation is 1. The number of carbonyl (C=O) groups is 1. The van der Waals surface area contributed by atoms with Gasteiger partial charge in [0.15, 0.2) is 0 Å². The zero-order valence-corrected chi connectivity index (χ0v) is 16.5. The number of rotatable bonds is 8. The summed E-state index contributed by atoms with van der Waals surface area (Å²) in [5.74, 6) is 0.337. The number of nitrogens with two attached hydrogens (primary N) is 1. The van der Waals surface area contributed by atoms with Crippen molar-refractivity contribution in [1.82, 2.24) is 19.6 Å². The second-order valence-electron chi connectivity index (χ2n) is 6.84. The topological polar surface area (TPSA) is 127 Å². The van der Waals surface area contributed by atoms with Crippen LogP contribution < -0.4 is 11.3 Å². The molecular formula is C20H25N5O4. The molecule has 3 aromatic rings. The minimum Gasteiger partial charge on any atom is -0.465 e. The van der Waals surface area contributed by atoms with Crippen LogP contribution in [0.4, 0.5) is 4.79 Å². The van der Waals surface area contributed by atoms with Crippen LogP contribution in [0.5, 0.6) is 0 Å². The molecule has 0 saturated carbocycles. The number of hydrogen-bond donors (Lipinski definition) is 2. The second kappa shape index (κ2) is 8.87. The molecule has 1 amide bonds. The SMILES string of the molecule is CCC(c1nc2onc(C)c2c(=O)n1Cc1ccccc1)N(CCCN)C(=O)O. The van der Waals surface area contributed by atoms with Gasteiger partial charge in [0, 0.05) is 6.54 Å². The molecule has 9 nitrogen and oxygen atoms in total. The summed E-state index contributed by atoms with van der Waals surface area (Å²) in [5.41, 5.74) is 6.76. The van der Waals surface area contributed by atoms with Crippen molar-refractivity contribution in [2.75, 3.05) is 13.1 Å². The molecule has 3 N–H and O–H groups in total. The van der Waals surface area contributed by atoms with Crippen molar-refractivity contribution in [3.05, 3.63) is 57.8 Å². The van der Waals surface area contributed by atoms with E-state index in [1.165, 1.54) is 9.47 Å². The lowest BCUT2D eigenvalue weighted by Gasteiger charge is -2.29. The normalized spacial score (nSPS) is 12.2. The van der Waals surface area contributed by atoms with E-state index in [1.807, 2.05) is 37.3 Å². The van der Waals surface area contributed by atoms with Crippen molar-refractivity contribution in [2.24, 2.45) is 5.73 Å². The van der Waals surface area contributed by atoms with Crippen LogP contribution in [0.25, 0.3) is 11.1 Å². The molecule has 0 saturated heterocycles. The van der Waals surface area contributed by atoms with Crippen LogP contribution in [-0.4, -0.2) is 43.9 Å². The summed E-state index contributed by atoms with van der Waals surface area (Å²) < 4.78 is 6.75. The van der Waals surface area contributed by atoms with Gasteiger partial charge in [0.25, 0.3) is 11.3 Å². The molecule has 0 spiro atoms. The molecular weight excluding hydrogens is 374 g/mol. The molecule has 0 bridgehead atoms. The van der Waals surface area contributed by atoms with Gasteiger partial charge in [-0.25, -0.2) is 4.79 Å². The molecule has 1 unspecified atom stereocenters. The summed E-state index contributed by atoms with van der Waals surface area (Å²) in [6.45, 7) is 4.43. The Morgan fingerprint density at radius 3 is 2.69 bits per heavy atom. The zero-order chi connectivity index (χ0) is 21.0. The molecule has 0 radical (unpaired) electrons. The highest BCUT2D eigenvalue weighted by atomic mass is 16.5. The minimum absolute atomic E-state index is 0.120. The van der Waals surface area contributed by atoms with Gasteiger partial charge in [-0.15, -0.1) is 0 Å². The quantitative estimate of drug-likeness (QED) is 0.596. The predicted octanol–water partition coefficient (Wildman–Crippen LogP) is 2.52. The second-order valence-corrected chi connectivity index (χ2v) is 6.84. The van der Waals surface area contributed by atoms with Gasteiger partial charge in [0.1, 0.15) is 11.2 Å². The molecule has 0 fully saturated rings. The summed E-state index contributed by atoms with van der Waals surface area (Å²) in [7, 11) is 0. The third kappa shape index (κ3) is 4.14. The average molecular weight is 399 g/mol. The van der Waals surface area contributed by atoms with Gasteiger partial charge < -0.3 is 15.4 Å². The van der Waals surface area contributed by atoms with E-state index in [0.717, 1.165) is 5.56 Å². The van der Waals surface area contributed by atoms with E-state index in [2.05, 4.69) is 10.1 Å². The summed E-state index contributed by atoms with van der Waals surface area (Å²) in [4.78, 5) is 31.1. The highest BCUT2D eigenvalue weighted by molar-refractivity contribution is 5.74. The Bertz CT molecular complexity index is 1040. The maximum absolute atomic E-state index is 13.3. The smallest absolute Gasteiger partial charge is 0.407 e. The van der Waals surface area contributed by atoms with Gasteiger partial charge in [-0.3, -0.25) is 14.3 Å². The van der Waals surface area contributed by atoms with Gasteiger partial charge in [0.2, 0.25) is 0 Å². The zero-order valence-electron chi connectivity index (χ0n) is 16.5. The lowest BCUT2D eigenvalue weighted by molar-refractivity contribution is 0.118. The van der Waals surface area contributed by atoms with E-state index in [9.17, 15) is 14.7 Å². The van der Waals surface area contributed by atoms with Crippen molar-refractivity contribution < 1.29 is 14.4 Å². The van der Waals surface area contributed by atoms with Crippen LogP contribution in [0, 0.1) is 6.92 Å². The number of amides is 1. The molecule has 0 aliphatic rings. The lowest BCUT2D eigenvalue weighted by atomic mass is 10.1. The number of aromatic nitrogens is 3. The highest BCUT2D eigenvalue weighted by Crippen LogP contribution is 2.25. The standard InChI is InChI=1S/C20H25N5O4/c1-3-15(24(20(27)28)11-7-10-21)17-22-18-16(13(2)23-29-18)19(26)25(17)12-14-8-5-4-6-9-14/h4-6,8-9,15H,3,7,10-12,21H2,1-2H3,(H,27,28). The first-order valence-corrected chi connectivity index (χ1v) is 9.58. The molecule has 9 heteroatoms. The summed E-state index contributed by atoms with van der Waals surface area (Å²) in [5, 5.41) is 13.9. The first-order valence-electron chi connectivity index (χ1n) is 9.58.